The lowest BCUT2D eigenvalue weighted by Gasteiger charge is -2.34. The summed E-state index contributed by atoms with van der Waals surface area (Å²) in [5.41, 5.74) is 1.57. The topological polar surface area (TPSA) is 73.0 Å². The minimum Gasteiger partial charge on any atom is -0.369 e. The van der Waals surface area contributed by atoms with Gasteiger partial charge in [-0.25, -0.2) is 8.42 Å². The van der Waals surface area contributed by atoms with Gasteiger partial charge in [0, 0.05) is 38.4 Å². The Kier molecular flexibility index (Phi) is 6.88. The molecule has 1 fully saturated rings. The highest BCUT2D eigenvalue weighted by Gasteiger charge is 2.21. The van der Waals surface area contributed by atoms with Gasteiger partial charge in [-0.3, -0.25) is 9.10 Å². The van der Waals surface area contributed by atoms with Gasteiger partial charge in [0.05, 0.1) is 11.9 Å². The first-order valence-corrected chi connectivity index (χ1v) is 10.8. The van der Waals surface area contributed by atoms with Crippen LogP contribution in [0.5, 0.6) is 0 Å². The van der Waals surface area contributed by atoms with E-state index in [9.17, 15) is 13.2 Å². The van der Waals surface area contributed by atoms with Crippen molar-refractivity contribution in [1.29, 1.82) is 0 Å². The van der Waals surface area contributed by atoms with Crippen LogP contribution < -0.4 is 14.5 Å². The molecule has 0 spiro atoms. The van der Waals surface area contributed by atoms with Gasteiger partial charge in [-0.15, -0.1) is 0 Å². The van der Waals surface area contributed by atoms with E-state index >= 15 is 0 Å². The van der Waals surface area contributed by atoms with Crippen molar-refractivity contribution in [2.45, 2.75) is 13.8 Å². The summed E-state index contributed by atoms with van der Waals surface area (Å²) in [7, 11) is -1.44. The molecule has 0 aromatic heterocycles. The molecule has 1 amide bonds. The molecule has 1 aliphatic rings. The van der Waals surface area contributed by atoms with Crippen LogP contribution in [0, 0.1) is 5.92 Å². The van der Waals surface area contributed by atoms with E-state index in [1.807, 2.05) is 26.0 Å². The van der Waals surface area contributed by atoms with Crippen LogP contribution in [0.2, 0.25) is 0 Å². The first-order chi connectivity index (χ1) is 12.2. The average Bonchev–Trinajstić information content (AvgIpc) is 2.58. The second-order valence-electron chi connectivity index (χ2n) is 7.27. The van der Waals surface area contributed by atoms with Crippen molar-refractivity contribution in [3.8, 4) is 0 Å². The molecular formula is C18H30N4O3S. The van der Waals surface area contributed by atoms with E-state index in [4.69, 9.17) is 0 Å². The number of hydrogen-bond acceptors (Lipinski definition) is 5. The quantitative estimate of drug-likeness (QED) is 0.761. The molecule has 1 saturated heterocycles. The molecule has 0 saturated carbocycles. The van der Waals surface area contributed by atoms with Crippen molar-refractivity contribution < 1.29 is 13.2 Å². The number of carbonyl (C=O) groups excluding carboxylic acids is 1. The molecule has 0 bridgehead atoms. The number of anilines is 2. The summed E-state index contributed by atoms with van der Waals surface area (Å²) in [5.74, 6) is 0.0146. The number of likely N-dealkylation sites (N-methyl/N-ethyl adjacent to an activating group) is 1. The maximum absolute atomic E-state index is 12.2. The molecule has 7 nitrogen and oxygen atoms in total. The summed E-state index contributed by atoms with van der Waals surface area (Å²) in [5, 5.41) is 2.76. The van der Waals surface area contributed by atoms with Crippen LogP contribution >= 0.6 is 0 Å². The number of sulfonamides is 1. The molecule has 8 heteroatoms. The van der Waals surface area contributed by atoms with E-state index < -0.39 is 10.0 Å². The van der Waals surface area contributed by atoms with Crippen LogP contribution in [0.25, 0.3) is 0 Å². The first-order valence-electron chi connectivity index (χ1n) is 8.95. The number of carbonyl (C=O) groups is 1. The van der Waals surface area contributed by atoms with Crippen LogP contribution in [-0.4, -0.2) is 71.8 Å². The minimum atomic E-state index is -3.54. The first kappa shape index (κ1) is 20.5. The van der Waals surface area contributed by atoms with Crippen LogP contribution in [0.3, 0.4) is 0 Å². The van der Waals surface area contributed by atoms with Crippen LogP contribution in [-0.2, 0) is 14.8 Å². The summed E-state index contributed by atoms with van der Waals surface area (Å²) >= 11 is 0. The van der Waals surface area contributed by atoms with Gasteiger partial charge in [-0.2, -0.15) is 0 Å². The van der Waals surface area contributed by atoms with E-state index in [0.717, 1.165) is 42.4 Å². The molecule has 0 radical (unpaired) electrons. The zero-order chi connectivity index (χ0) is 19.3. The van der Waals surface area contributed by atoms with Gasteiger partial charge in [0.25, 0.3) is 0 Å². The Balaban J connectivity index is 2.09. The van der Waals surface area contributed by atoms with Crippen molar-refractivity contribution >= 4 is 27.3 Å². The van der Waals surface area contributed by atoms with Gasteiger partial charge in [-0.05, 0) is 37.2 Å². The Hall–Kier alpha value is -1.80. The molecule has 1 aromatic carbocycles. The van der Waals surface area contributed by atoms with Gasteiger partial charge < -0.3 is 15.1 Å². The number of benzene rings is 1. The molecule has 0 atom stereocenters. The van der Waals surface area contributed by atoms with Gasteiger partial charge in [-0.1, -0.05) is 13.8 Å². The maximum Gasteiger partial charge on any atom is 0.240 e. The molecule has 1 aliphatic heterocycles. The summed E-state index contributed by atoms with van der Waals surface area (Å²) in [4.78, 5) is 16.7. The van der Waals surface area contributed by atoms with Crippen molar-refractivity contribution in [1.82, 2.24) is 10.2 Å². The Morgan fingerprint density at radius 2 is 1.73 bits per heavy atom. The van der Waals surface area contributed by atoms with E-state index in [1.165, 1.54) is 0 Å². The van der Waals surface area contributed by atoms with E-state index in [1.54, 1.807) is 12.1 Å². The van der Waals surface area contributed by atoms with Crippen molar-refractivity contribution in [3.63, 3.8) is 0 Å². The normalized spacial score (nSPS) is 16.0. The zero-order valence-corrected chi connectivity index (χ0v) is 16.9. The fourth-order valence-electron chi connectivity index (χ4n) is 2.80. The van der Waals surface area contributed by atoms with Gasteiger partial charge in [0.2, 0.25) is 15.9 Å². The Morgan fingerprint density at radius 3 is 2.23 bits per heavy atom. The molecule has 0 unspecified atom stereocenters. The van der Waals surface area contributed by atoms with Crippen LogP contribution in [0.1, 0.15) is 13.8 Å². The van der Waals surface area contributed by atoms with Gasteiger partial charge >= 0.3 is 0 Å². The second kappa shape index (κ2) is 8.73. The Bertz CT molecular complexity index is 696. The predicted molar refractivity (Wildman–Crippen MR) is 106 cm³/mol. The average molecular weight is 383 g/mol. The summed E-state index contributed by atoms with van der Waals surface area (Å²) in [6.45, 7) is 8.21. The lowest BCUT2D eigenvalue weighted by atomic mass is 10.2. The van der Waals surface area contributed by atoms with Crippen molar-refractivity contribution in [2.75, 3.05) is 61.8 Å². The fraction of sp³-hybridized carbons (Fsp3) is 0.611. The highest BCUT2D eigenvalue weighted by molar-refractivity contribution is 7.92. The van der Waals surface area contributed by atoms with Gasteiger partial charge in [0.15, 0.2) is 0 Å². The molecule has 1 N–H and O–H groups in total. The molecule has 0 aliphatic carbocycles. The molecule has 26 heavy (non-hydrogen) atoms. The molecule has 146 valence electrons. The molecule has 1 heterocycles. The lowest BCUT2D eigenvalue weighted by molar-refractivity contribution is -0.119. The number of amides is 1. The zero-order valence-electron chi connectivity index (χ0n) is 16.1. The minimum absolute atomic E-state index is 0.209. The number of nitrogens with one attached hydrogen (secondary N) is 1. The number of nitrogens with zero attached hydrogens (tertiary/aromatic N) is 3. The lowest BCUT2D eigenvalue weighted by Crippen LogP contribution is -2.44. The standard InChI is InChI=1S/C18H30N4O3S/c1-15(2)13-19-18(23)14-22(26(4,24)25)17-7-5-16(6-8-17)21-11-9-20(3)10-12-21/h5-8,15H,9-14H2,1-4H3,(H,19,23). The van der Waals surface area contributed by atoms with Crippen LogP contribution in [0.15, 0.2) is 24.3 Å². The molecule has 2 rings (SSSR count). The summed E-state index contributed by atoms with van der Waals surface area (Å²) in [6, 6.07) is 7.38. The number of piperazine rings is 1. The van der Waals surface area contributed by atoms with E-state index in [-0.39, 0.29) is 12.5 Å². The smallest absolute Gasteiger partial charge is 0.240 e. The van der Waals surface area contributed by atoms with Crippen LogP contribution in [0.4, 0.5) is 11.4 Å². The summed E-state index contributed by atoms with van der Waals surface area (Å²) in [6.07, 6.45) is 1.12. The predicted octanol–water partition coefficient (Wildman–Crippen LogP) is 0.977. The number of rotatable bonds is 7. The molecule has 1 aromatic rings. The van der Waals surface area contributed by atoms with E-state index in [0.29, 0.717) is 18.2 Å². The molecular weight excluding hydrogens is 352 g/mol. The number of hydrogen-bond donors (Lipinski definition) is 1. The van der Waals surface area contributed by atoms with Gasteiger partial charge in [0.1, 0.15) is 6.54 Å². The third kappa shape index (κ3) is 5.88. The third-order valence-electron chi connectivity index (χ3n) is 4.40. The highest BCUT2D eigenvalue weighted by atomic mass is 32.2. The largest absolute Gasteiger partial charge is 0.369 e. The fourth-order valence-corrected chi connectivity index (χ4v) is 3.66. The third-order valence-corrected chi connectivity index (χ3v) is 5.54. The second-order valence-corrected chi connectivity index (χ2v) is 9.18. The summed E-state index contributed by atoms with van der Waals surface area (Å²) < 4.78 is 25.5. The van der Waals surface area contributed by atoms with Crippen molar-refractivity contribution in [3.05, 3.63) is 24.3 Å². The van der Waals surface area contributed by atoms with Crippen molar-refractivity contribution in [2.24, 2.45) is 5.92 Å². The monoisotopic (exact) mass is 382 g/mol. The Labute approximate surface area is 157 Å². The Morgan fingerprint density at radius 1 is 1.15 bits per heavy atom. The van der Waals surface area contributed by atoms with E-state index in [2.05, 4.69) is 22.2 Å². The highest BCUT2D eigenvalue weighted by Crippen LogP contribution is 2.23. The maximum atomic E-state index is 12.2. The SMILES string of the molecule is CC(C)CNC(=O)CN(c1ccc(N2CCN(C)CC2)cc1)S(C)(=O)=O.